The van der Waals surface area contributed by atoms with E-state index in [1.54, 1.807) is 0 Å². The molecule has 1 aromatic rings. The summed E-state index contributed by atoms with van der Waals surface area (Å²) in [7, 11) is 0. The minimum atomic E-state index is 0.185. The molecule has 2 nitrogen and oxygen atoms in total. The normalized spacial score (nSPS) is 19.1. The van der Waals surface area contributed by atoms with Gasteiger partial charge in [-0.25, -0.2) is 0 Å². The van der Waals surface area contributed by atoms with Crippen molar-refractivity contribution >= 4 is 5.69 Å². The van der Waals surface area contributed by atoms with Crippen LogP contribution in [0.15, 0.2) is 24.3 Å². The second-order valence-electron chi connectivity index (χ2n) is 7.60. The summed E-state index contributed by atoms with van der Waals surface area (Å²) in [5, 5.41) is 3.55. The first-order valence-electron chi connectivity index (χ1n) is 8.12. The van der Waals surface area contributed by atoms with Crippen molar-refractivity contribution in [3.05, 3.63) is 29.8 Å². The Morgan fingerprint density at radius 2 is 1.70 bits per heavy atom. The van der Waals surface area contributed by atoms with Gasteiger partial charge in [-0.05, 0) is 70.1 Å². The third-order valence-corrected chi connectivity index (χ3v) is 4.23. The Kier molecular flexibility index (Phi) is 3.76. The molecule has 2 heteroatoms. The van der Waals surface area contributed by atoms with Gasteiger partial charge in [0.2, 0.25) is 0 Å². The third kappa shape index (κ3) is 3.99. The van der Waals surface area contributed by atoms with E-state index < -0.39 is 0 Å². The first kappa shape index (κ1) is 13.9. The molecule has 2 aliphatic rings. The van der Waals surface area contributed by atoms with E-state index in [1.807, 2.05) is 0 Å². The number of hydrogen-bond donors (Lipinski definition) is 1. The lowest BCUT2D eigenvalue weighted by atomic mass is 10.1. The van der Waals surface area contributed by atoms with Crippen molar-refractivity contribution in [2.45, 2.75) is 64.6 Å². The quantitative estimate of drug-likeness (QED) is 0.843. The largest absolute Gasteiger partial charge is 0.368 e. The fourth-order valence-corrected chi connectivity index (χ4v) is 2.60. The molecule has 110 valence electrons. The zero-order valence-electron chi connectivity index (χ0n) is 13.2. The van der Waals surface area contributed by atoms with Crippen LogP contribution in [0.25, 0.3) is 0 Å². The number of benzene rings is 1. The van der Waals surface area contributed by atoms with Crippen LogP contribution >= 0.6 is 0 Å². The number of nitrogens with zero attached hydrogens (tertiary/aromatic N) is 1. The van der Waals surface area contributed by atoms with Crippen LogP contribution in [0.1, 0.15) is 52.0 Å². The molecule has 0 amide bonds. The minimum absolute atomic E-state index is 0.185. The maximum Gasteiger partial charge on any atom is 0.0368 e. The van der Waals surface area contributed by atoms with Crippen molar-refractivity contribution in [2.24, 2.45) is 5.92 Å². The minimum Gasteiger partial charge on any atom is -0.368 e. The van der Waals surface area contributed by atoms with Gasteiger partial charge in [0.1, 0.15) is 0 Å². The highest BCUT2D eigenvalue weighted by Gasteiger charge is 2.33. The van der Waals surface area contributed by atoms with Crippen LogP contribution in [-0.2, 0) is 6.54 Å². The van der Waals surface area contributed by atoms with E-state index in [9.17, 15) is 0 Å². The average Bonchev–Trinajstić information content (AvgIpc) is 3.26. The Hall–Kier alpha value is -1.02. The van der Waals surface area contributed by atoms with Gasteiger partial charge in [-0.1, -0.05) is 12.1 Å². The predicted octanol–water partition coefficient (Wildman–Crippen LogP) is 3.95. The SMILES string of the molecule is CC(C)(C)NCc1ccc(N(CC2CC2)C2CC2)cc1. The van der Waals surface area contributed by atoms with Gasteiger partial charge in [-0.2, -0.15) is 0 Å². The second-order valence-corrected chi connectivity index (χ2v) is 7.60. The monoisotopic (exact) mass is 272 g/mol. The number of rotatable bonds is 6. The Morgan fingerprint density at radius 3 is 2.20 bits per heavy atom. The topological polar surface area (TPSA) is 15.3 Å². The molecule has 0 aliphatic heterocycles. The van der Waals surface area contributed by atoms with Gasteiger partial charge >= 0.3 is 0 Å². The second kappa shape index (κ2) is 5.40. The molecule has 0 atom stereocenters. The zero-order valence-corrected chi connectivity index (χ0v) is 13.2. The standard InChI is InChI=1S/C18H28N2/c1-18(2,3)19-12-14-6-8-16(9-7-14)20(17-10-11-17)13-15-4-5-15/h6-9,15,17,19H,4-5,10-13H2,1-3H3. The molecular formula is C18H28N2. The lowest BCUT2D eigenvalue weighted by Crippen LogP contribution is -2.35. The Bertz CT molecular complexity index is 435. The molecule has 0 spiro atoms. The fraction of sp³-hybridized carbons (Fsp3) is 0.667. The van der Waals surface area contributed by atoms with Crippen molar-refractivity contribution in [2.75, 3.05) is 11.4 Å². The zero-order chi connectivity index (χ0) is 14.2. The van der Waals surface area contributed by atoms with Gasteiger partial charge in [0.15, 0.2) is 0 Å². The lowest BCUT2D eigenvalue weighted by Gasteiger charge is -2.25. The molecular weight excluding hydrogens is 244 g/mol. The summed E-state index contributed by atoms with van der Waals surface area (Å²) in [6.07, 6.45) is 5.66. The van der Waals surface area contributed by atoms with E-state index in [0.29, 0.717) is 0 Å². The van der Waals surface area contributed by atoms with E-state index in [2.05, 4.69) is 55.3 Å². The van der Waals surface area contributed by atoms with Crippen LogP contribution in [0.5, 0.6) is 0 Å². The van der Waals surface area contributed by atoms with Gasteiger partial charge in [0.05, 0.1) is 0 Å². The number of nitrogens with one attached hydrogen (secondary N) is 1. The summed E-state index contributed by atoms with van der Waals surface area (Å²) in [6, 6.07) is 10.0. The highest BCUT2D eigenvalue weighted by Crippen LogP contribution is 2.37. The summed E-state index contributed by atoms with van der Waals surface area (Å²) in [5.41, 5.74) is 3.00. The average molecular weight is 272 g/mol. The van der Waals surface area contributed by atoms with Gasteiger partial charge in [-0.3, -0.25) is 0 Å². The molecule has 0 heterocycles. The van der Waals surface area contributed by atoms with Gasteiger partial charge in [0.25, 0.3) is 0 Å². The van der Waals surface area contributed by atoms with Gasteiger partial charge < -0.3 is 10.2 Å². The van der Waals surface area contributed by atoms with Gasteiger partial charge in [0, 0.05) is 30.4 Å². The van der Waals surface area contributed by atoms with Crippen molar-refractivity contribution < 1.29 is 0 Å². The van der Waals surface area contributed by atoms with Crippen molar-refractivity contribution in [1.82, 2.24) is 5.32 Å². The highest BCUT2D eigenvalue weighted by molar-refractivity contribution is 5.50. The number of hydrogen-bond acceptors (Lipinski definition) is 2. The van der Waals surface area contributed by atoms with Crippen LogP contribution in [-0.4, -0.2) is 18.1 Å². The third-order valence-electron chi connectivity index (χ3n) is 4.23. The summed E-state index contributed by atoms with van der Waals surface area (Å²) in [5.74, 6) is 0.970. The van der Waals surface area contributed by atoms with Crippen LogP contribution < -0.4 is 10.2 Å². The van der Waals surface area contributed by atoms with E-state index >= 15 is 0 Å². The maximum atomic E-state index is 3.55. The van der Waals surface area contributed by atoms with E-state index in [0.717, 1.165) is 18.5 Å². The molecule has 1 N–H and O–H groups in total. The Labute approximate surface area is 123 Å². The fourth-order valence-electron chi connectivity index (χ4n) is 2.60. The summed E-state index contributed by atoms with van der Waals surface area (Å²) in [6.45, 7) is 8.88. The molecule has 0 unspecified atom stereocenters. The molecule has 3 rings (SSSR count). The molecule has 20 heavy (non-hydrogen) atoms. The summed E-state index contributed by atoms with van der Waals surface area (Å²) in [4.78, 5) is 2.65. The Balaban J connectivity index is 1.61. The molecule has 0 radical (unpaired) electrons. The molecule has 0 saturated heterocycles. The van der Waals surface area contributed by atoms with Crippen molar-refractivity contribution in [1.29, 1.82) is 0 Å². The Morgan fingerprint density at radius 1 is 1.05 bits per heavy atom. The summed E-state index contributed by atoms with van der Waals surface area (Å²) >= 11 is 0. The van der Waals surface area contributed by atoms with Crippen molar-refractivity contribution in [3.63, 3.8) is 0 Å². The lowest BCUT2D eigenvalue weighted by molar-refractivity contribution is 0.424. The molecule has 0 aromatic heterocycles. The maximum absolute atomic E-state index is 3.55. The first-order chi connectivity index (χ1) is 9.51. The van der Waals surface area contributed by atoms with E-state index in [1.165, 1.54) is 43.5 Å². The summed E-state index contributed by atoms with van der Waals surface area (Å²) < 4.78 is 0. The van der Waals surface area contributed by atoms with Crippen LogP contribution in [0, 0.1) is 5.92 Å². The molecule has 0 bridgehead atoms. The van der Waals surface area contributed by atoms with E-state index in [4.69, 9.17) is 0 Å². The molecule has 2 saturated carbocycles. The molecule has 2 aliphatic carbocycles. The highest BCUT2D eigenvalue weighted by atomic mass is 15.2. The van der Waals surface area contributed by atoms with Gasteiger partial charge in [-0.15, -0.1) is 0 Å². The molecule has 1 aromatic carbocycles. The predicted molar refractivity (Wildman–Crippen MR) is 86.1 cm³/mol. The number of anilines is 1. The van der Waals surface area contributed by atoms with Crippen LogP contribution in [0.4, 0.5) is 5.69 Å². The smallest absolute Gasteiger partial charge is 0.0368 e. The van der Waals surface area contributed by atoms with Crippen molar-refractivity contribution in [3.8, 4) is 0 Å². The van der Waals surface area contributed by atoms with Crippen LogP contribution in [0.3, 0.4) is 0 Å². The van der Waals surface area contributed by atoms with Crippen LogP contribution in [0.2, 0.25) is 0 Å². The first-order valence-corrected chi connectivity index (χ1v) is 8.12. The van der Waals surface area contributed by atoms with E-state index in [-0.39, 0.29) is 5.54 Å². The molecule has 2 fully saturated rings.